The predicted octanol–water partition coefficient (Wildman–Crippen LogP) is 6.12. The Morgan fingerprint density at radius 2 is 1.81 bits per heavy atom. The fourth-order valence-electron chi connectivity index (χ4n) is 4.06. The predicted molar refractivity (Wildman–Crippen MR) is 152 cm³/mol. The number of aromatic nitrogens is 3. The quantitative estimate of drug-likeness (QED) is 0.182. The Morgan fingerprint density at radius 1 is 1.00 bits per heavy atom. The van der Waals surface area contributed by atoms with E-state index in [1.54, 1.807) is 31.2 Å². The number of thiazole rings is 1. The van der Waals surface area contributed by atoms with Crippen LogP contribution in [-0.4, -0.2) is 35.6 Å². The van der Waals surface area contributed by atoms with Crippen molar-refractivity contribution in [1.29, 1.82) is 0 Å². The van der Waals surface area contributed by atoms with Crippen molar-refractivity contribution in [2.75, 3.05) is 17.1 Å². The van der Waals surface area contributed by atoms with Gasteiger partial charge in [-0.1, -0.05) is 23.5 Å². The fourth-order valence-corrected chi connectivity index (χ4v) is 6.42. The van der Waals surface area contributed by atoms with Crippen molar-refractivity contribution in [3.63, 3.8) is 0 Å². The second kappa shape index (κ2) is 11.7. The lowest BCUT2D eigenvalue weighted by molar-refractivity contribution is 0.371. The Bertz CT molecular complexity index is 1880. The van der Waals surface area contributed by atoms with Crippen molar-refractivity contribution >= 4 is 32.2 Å². The van der Waals surface area contributed by atoms with Gasteiger partial charge in [0.05, 0.1) is 41.5 Å². The molecule has 0 saturated carbocycles. The van der Waals surface area contributed by atoms with Crippen molar-refractivity contribution in [2.24, 2.45) is 0 Å². The maximum atomic E-state index is 14.0. The molecule has 0 saturated heterocycles. The van der Waals surface area contributed by atoms with E-state index in [4.69, 9.17) is 4.74 Å². The van der Waals surface area contributed by atoms with E-state index in [0.29, 0.717) is 27.4 Å². The number of phenols is 1. The zero-order valence-corrected chi connectivity index (χ0v) is 23.7. The largest absolute Gasteiger partial charge is 0.504 e. The van der Waals surface area contributed by atoms with Crippen molar-refractivity contribution in [2.45, 2.75) is 18.5 Å². The van der Waals surface area contributed by atoms with Crippen molar-refractivity contribution in [1.82, 2.24) is 15.0 Å². The lowest BCUT2D eigenvalue weighted by Gasteiger charge is -2.12. The Morgan fingerprint density at radius 3 is 2.50 bits per heavy atom. The number of halogens is 3. The van der Waals surface area contributed by atoms with Gasteiger partial charge in [-0.3, -0.25) is 9.71 Å². The summed E-state index contributed by atoms with van der Waals surface area (Å²) in [6.07, 6.45) is 2.31. The van der Waals surface area contributed by atoms with Gasteiger partial charge in [0.2, 0.25) is 0 Å². The number of hydrogen-bond acceptors (Lipinski definition) is 9. The first kappa shape index (κ1) is 28.8. The van der Waals surface area contributed by atoms with Crippen molar-refractivity contribution < 1.29 is 31.4 Å². The minimum Gasteiger partial charge on any atom is -0.504 e. The highest BCUT2D eigenvalue weighted by molar-refractivity contribution is 7.92. The van der Waals surface area contributed by atoms with Gasteiger partial charge in [-0.15, -0.1) is 0 Å². The number of benzene rings is 2. The van der Waals surface area contributed by atoms with Gasteiger partial charge < -0.3 is 15.2 Å². The standard InChI is InChI=1S/C28H22F3N5O4S2/c1-15-10-19(32-12-17-4-3-5-23(40-2)25(17)37)14-34-27(15)42(38,39)36-28-35-24(16-6-8-20(30)21(31)11-16)26(41-28)22-9-7-18(29)13-33-22/h3-11,13-14,32,37H,12H2,1-2H3,(H,35,36). The van der Waals surface area contributed by atoms with Crippen LogP contribution >= 0.6 is 11.3 Å². The summed E-state index contributed by atoms with van der Waals surface area (Å²) < 4.78 is 75.2. The second-order valence-electron chi connectivity index (χ2n) is 8.96. The Balaban J connectivity index is 1.42. The molecule has 0 aliphatic rings. The minimum atomic E-state index is -4.24. The smallest absolute Gasteiger partial charge is 0.281 e. The Labute approximate surface area is 242 Å². The van der Waals surface area contributed by atoms with Gasteiger partial charge in [0, 0.05) is 17.7 Å². The van der Waals surface area contributed by atoms with Crippen LogP contribution in [0.1, 0.15) is 11.1 Å². The first-order valence-electron chi connectivity index (χ1n) is 12.2. The summed E-state index contributed by atoms with van der Waals surface area (Å²) in [7, 11) is -2.80. The molecular weight excluding hydrogens is 591 g/mol. The van der Waals surface area contributed by atoms with Crippen LogP contribution < -0.4 is 14.8 Å². The van der Waals surface area contributed by atoms with Gasteiger partial charge in [-0.2, -0.15) is 8.42 Å². The number of nitrogens with zero attached hydrogens (tertiary/aromatic N) is 3. The van der Waals surface area contributed by atoms with Crippen LogP contribution in [0.5, 0.6) is 11.5 Å². The normalized spacial score (nSPS) is 11.4. The van der Waals surface area contributed by atoms with Gasteiger partial charge >= 0.3 is 0 Å². The molecule has 5 aromatic rings. The molecule has 0 amide bonds. The van der Waals surface area contributed by atoms with E-state index in [2.05, 4.69) is 25.0 Å². The molecule has 0 bridgehead atoms. The van der Waals surface area contributed by atoms with Crippen LogP contribution in [0, 0.1) is 24.4 Å². The molecule has 3 aromatic heterocycles. The third-order valence-corrected chi connectivity index (χ3v) is 8.59. The van der Waals surface area contributed by atoms with E-state index >= 15 is 0 Å². The molecule has 3 heterocycles. The Kier molecular flexibility index (Phi) is 8.00. The highest BCUT2D eigenvalue weighted by Crippen LogP contribution is 2.39. The van der Waals surface area contributed by atoms with Crippen LogP contribution in [0.3, 0.4) is 0 Å². The first-order chi connectivity index (χ1) is 20.1. The summed E-state index contributed by atoms with van der Waals surface area (Å²) >= 11 is 0.887. The van der Waals surface area contributed by atoms with Crippen molar-refractivity contribution in [3.8, 4) is 33.3 Å². The number of sulfonamides is 1. The molecule has 0 aliphatic heterocycles. The van der Waals surface area contributed by atoms with E-state index in [9.17, 15) is 26.7 Å². The SMILES string of the molecule is COc1cccc(CNc2cnc(S(=O)(=O)Nc3nc(-c4ccc(F)c(F)c4)c(-c4ccc(F)cn4)s3)c(C)c2)c1O. The Hall–Kier alpha value is -4.69. The van der Waals surface area contributed by atoms with E-state index in [0.717, 1.165) is 29.7 Å². The summed E-state index contributed by atoms with van der Waals surface area (Å²) in [4.78, 5) is 12.8. The topological polar surface area (TPSA) is 126 Å². The number of rotatable bonds is 9. The molecule has 0 spiro atoms. The summed E-state index contributed by atoms with van der Waals surface area (Å²) in [5.74, 6) is -2.45. The average molecular weight is 614 g/mol. The minimum absolute atomic E-state index is 0.0121. The van der Waals surface area contributed by atoms with E-state index in [1.807, 2.05) is 0 Å². The van der Waals surface area contributed by atoms with Crippen LogP contribution in [0.15, 0.2) is 72.0 Å². The summed E-state index contributed by atoms with van der Waals surface area (Å²) in [5.41, 5.74) is 1.95. The van der Waals surface area contributed by atoms with Gasteiger partial charge in [-0.05, 0) is 55.0 Å². The fraction of sp³-hybridized carbons (Fsp3) is 0.107. The van der Waals surface area contributed by atoms with Crippen LogP contribution in [0.2, 0.25) is 0 Å². The first-order valence-corrected chi connectivity index (χ1v) is 14.5. The van der Waals surface area contributed by atoms with Gasteiger partial charge in [0.1, 0.15) is 5.82 Å². The molecule has 5 rings (SSSR count). The molecule has 42 heavy (non-hydrogen) atoms. The average Bonchev–Trinajstić information content (AvgIpc) is 3.37. The van der Waals surface area contributed by atoms with Gasteiger partial charge in [0.25, 0.3) is 10.0 Å². The van der Waals surface area contributed by atoms with Gasteiger partial charge in [-0.25, -0.2) is 23.1 Å². The number of para-hydroxylation sites is 1. The molecule has 0 aliphatic carbocycles. The number of aryl methyl sites for hydroxylation is 1. The van der Waals surface area contributed by atoms with E-state index in [-0.39, 0.29) is 39.4 Å². The number of aromatic hydroxyl groups is 1. The second-order valence-corrected chi connectivity index (χ2v) is 11.6. The third kappa shape index (κ3) is 5.99. The number of hydrogen-bond donors (Lipinski definition) is 3. The number of anilines is 2. The summed E-state index contributed by atoms with van der Waals surface area (Å²) in [6, 6.07) is 12.3. The highest BCUT2D eigenvalue weighted by atomic mass is 32.2. The van der Waals surface area contributed by atoms with Crippen LogP contribution in [0.25, 0.3) is 21.8 Å². The summed E-state index contributed by atoms with van der Waals surface area (Å²) in [6.45, 7) is 1.79. The molecule has 0 fully saturated rings. The van der Waals surface area contributed by atoms with E-state index in [1.165, 1.54) is 31.5 Å². The van der Waals surface area contributed by atoms with Crippen LogP contribution in [0.4, 0.5) is 24.0 Å². The van der Waals surface area contributed by atoms with Crippen LogP contribution in [-0.2, 0) is 16.6 Å². The number of pyridine rings is 2. The zero-order chi connectivity index (χ0) is 30.0. The molecule has 216 valence electrons. The molecule has 9 nitrogen and oxygen atoms in total. The lowest BCUT2D eigenvalue weighted by atomic mass is 10.1. The molecule has 2 aromatic carbocycles. The highest BCUT2D eigenvalue weighted by Gasteiger charge is 2.24. The van der Waals surface area contributed by atoms with Gasteiger partial charge in [0.15, 0.2) is 33.3 Å². The monoisotopic (exact) mass is 613 g/mol. The summed E-state index contributed by atoms with van der Waals surface area (Å²) in [5, 5.41) is 13.0. The zero-order valence-electron chi connectivity index (χ0n) is 22.0. The molecule has 0 radical (unpaired) electrons. The molecule has 3 N–H and O–H groups in total. The third-order valence-electron chi connectivity index (χ3n) is 6.07. The maximum absolute atomic E-state index is 14.0. The number of ether oxygens (including phenoxy) is 1. The maximum Gasteiger partial charge on any atom is 0.281 e. The number of phenolic OH excluding ortho intramolecular Hbond substituents is 1. The molecular formula is C28H22F3N5O4S2. The van der Waals surface area contributed by atoms with E-state index < -0.39 is 27.5 Å². The molecule has 14 heteroatoms. The van der Waals surface area contributed by atoms with Crippen molar-refractivity contribution in [3.05, 3.63) is 95.6 Å². The number of methoxy groups -OCH3 is 1. The molecule has 0 atom stereocenters. The lowest BCUT2D eigenvalue weighted by Crippen LogP contribution is -2.16. The number of nitrogens with one attached hydrogen (secondary N) is 2. The molecule has 0 unspecified atom stereocenters.